The molecule has 0 saturated heterocycles. The summed E-state index contributed by atoms with van der Waals surface area (Å²) in [6.07, 6.45) is -4.39. The van der Waals surface area contributed by atoms with Crippen LogP contribution in [0.2, 0.25) is 0 Å². The van der Waals surface area contributed by atoms with E-state index in [1.165, 1.54) is 20.3 Å². The summed E-state index contributed by atoms with van der Waals surface area (Å²) in [7, 11) is 3.02. The zero-order valence-corrected chi connectivity index (χ0v) is 13.4. The Kier molecular flexibility index (Phi) is 5.91. The lowest BCUT2D eigenvalue weighted by atomic mass is 10.0. The van der Waals surface area contributed by atoms with Crippen LogP contribution >= 0.6 is 11.5 Å². The van der Waals surface area contributed by atoms with Gasteiger partial charge in [-0.1, -0.05) is 12.1 Å². The van der Waals surface area contributed by atoms with Crippen LogP contribution in [0, 0.1) is 0 Å². The van der Waals surface area contributed by atoms with E-state index in [1.807, 2.05) is 0 Å². The highest BCUT2D eigenvalue weighted by Crippen LogP contribution is 2.31. The van der Waals surface area contributed by atoms with Gasteiger partial charge in [0, 0.05) is 25.8 Å². The molecule has 1 aromatic heterocycles. The number of alkyl halides is 3. The van der Waals surface area contributed by atoms with Gasteiger partial charge in [0.05, 0.1) is 18.2 Å². The Morgan fingerprint density at radius 1 is 1.26 bits per heavy atom. The number of benzene rings is 1. The molecule has 0 aliphatic heterocycles. The van der Waals surface area contributed by atoms with Crippen molar-refractivity contribution in [2.24, 2.45) is 0 Å². The van der Waals surface area contributed by atoms with Gasteiger partial charge in [-0.3, -0.25) is 0 Å². The maximum atomic E-state index is 12.8. The monoisotopic (exact) mass is 347 g/mol. The molecule has 0 amide bonds. The minimum Gasteiger partial charge on any atom is -0.382 e. The van der Waals surface area contributed by atoms with Crippen molar-refractivity contribution in [1.29, 1.82) is 0 Å². The molecule has 2 rings (SSSR count). The molecule has 23 heavy (non-hydrogen) atoms. The van der Waals surface area contributed by atoms with Crippen LogP contribution in [0.4, 0.5) is 18.3 Å². The van der Waals surface area contributed by atoms with Crippen LogP contribution in [-0.4, -0.2) is 30.2 Å². The zero-order chi connectivity index (χ0) is 16.9. The van der Waals surface area contributed by atoms with E-state index in [4.69, 9.17) is 9.47 Å². The van der Waals surface area contributed by atoms with Gasteiger partial charge in [0.15, 0.2) is 5.82 Å². The first-order chi connectivity index (χ1) is 10.9. The average Bonchev–Trinajstić information content (AvgIpc) is 2.94. The molecular formula is C14H16F3N3O2S. The van der Waals surface area contributed by atoms with Gasteiger partial charge in [-0.05, 0) is 17.7 Å². The summed E-state index contributed by atoms with van der Waals surface area (Å²) in [4.78, 5) is 4.21. The first-order valence-electron chi connectivity index (χ1n) is 6.68. The highest BCUT2D eigenvalue weighted by molar-refractivity contribution is 7.09. The molecule has 9 heteroatoms. The van der Waals surface area contributed by atoms with E-state index < -0.39 is 17.8 Å². The van der Waals surface area contributed by atoms with Crippen LogP contribution in [-0.2, 0) is 22.3 Å². The van der Waals surface area contributed by atoms with Crippen molar-refractivity contribution in [2.75, 3.05) is 26.1 Å². The molecule has 0 radical (unpaired) electrons. The molecule has 1 unspecified atom stereocenters. The average molecular weight is 347 g/mol. The number of hydrogen-bond acceptors (Lipinski definition) is 6. The molecule has 0 spiro atoms. The topological polar surface area (TPSA) is 56.3 Å². The molecule has 1 heterocycles. The maximum Gasteiger partial charge on any atom is 0.416 e. The molecule has 0 aliphatic rings. The molecule has 2 aromatic rings. The molecule has 1 N–H and O–H groups in total. The van der Waals surface area contributed by atoms with Crippen molar-refractivity contribution in [3.8, 4) is 0 Å². The van der Waals surface area contributed by atoms with Crippen LogP contribution < -0.4 is 5.32 Å². The molecule has 1 atom stereocenters. The lowest BCUT2D eigenvalue weighted by Gasteiger charge is -2.19. The first-order valence-corrected chi connectivity index (χ1v) is 7.45. The fourth-order valence-corrected chi connectivity index (χ4v) is 2.60. The fourth-order valence-electron chi connectivity index (χ4n) is 1.97. The van der Waals surface area contributed by atoms with E-state index >= 15 is 0 Å². The van der Waals surface area contributed by atoms with Gasteiger partial charge < -0.3 is 14.8 Å². The summed E-state index contributed by atoms with van der Waals surface area (Å²) in [5.74, 6) is 0.514. The van der Waals surface area contributed by atoms with Crippen LogP contribution in [0.5, 0.6) is 0 Å². The molecule has 0 fully saturated rings. The van der Waals surface area contributed by atoms with Crippen LogP contribution in [0.1, 0.15) is 23.0 Å². The second kappa shape index (κ2) is 7.71. The number of rotatable bonds is 7. The lowest BCUT2D eigenvalue weighted by molar-refractivity contribution is -0.137. The molecular weight excluding hydrogens is 331 g/mol. The Morgan fingerprint density at radius 3 is 2.70 bits per heavy atom. The second-order valence-electron chi connectivity index (χ2n) is 4.72. The Balaban J connectivity index is 2.20. The number of methoxy groups -OCH3 is 2. The number of nitrogens with one attached hydrogen (secondary N) is 1. The predicted molar refractivity (Wildman–Crippen MR) is 80.3 cm³/mol. The molecule has 0 aliphatic carbocycles. The van der Waals surface area contributed by atoms with E-state index in [1.54, 1.807) is 6.07 Å². The molecule has 5 nitrogen and oxygen atoms in total. The number of aromatic nitrogens is 2. The van der Waals surface area contributed by atoms with Gasteiger partial charge in [-0.2, -0.15) is 17.5 Å². The number of nitrogens with zero attached hydrogens (tertiary/aromatic N) is 2. The predicted octanol–water partition coefficient (Wildman–Crippen LogP) is 3.50. The quantitative estimate of drug-likeness (QED) is 0.831. The second-order valence-corrected chi connectivity index (χ2v) is 5.48. The minimum absolute atomic E-state index is 0.195. The Morgan fingerprint density at radius 2 is 2.04 bits per heavy atom. The first kappa shape index (κ1) is 17.6. The third-order valence-electron chi connectivity index (χ3n) is 2.99. The maximum absolute atomic E-state index is 12.8. The third kappa shape index (κ3) is 4.88. The number of hydrogen-bond donors (Lipinski definition) is 1. The van der Waals surface area contributed by atoms with Crippen molar-refractivity contribution in [1.82, 2.24) is 9.36 Å². The highest BCUT2D eigenvalue weighted by Gasteiger charge is 2.31. The van der Waals surface area contributed by atoms with Crippen molar-refractivity contribution in [2.45, 2.75) is 18.8 Å². The summed E-state index contributed by atoms with van der Waals surface area (Å²) in [6, 6.07) is 4.66. The molecule has 1 aromatic carbocycles. The molecule has 0 saturated carbocycles. The summed E-state index contributed by atoms with van der Waals surface area (Å²) >= 11 is 1.12. The number of ether oxygens (including phenoxy) is 2. The summed E-state index contributed by atoms with van der Waals surface area (Å²) in [5.41, 5.74) is -0.236. The van der Waals surface area contributed by atoms with Crippen molar-refractivity contribution in [3.05, 3.63) is 41.2 Å². The summed E-state index contributed by atoms with van der Waals surface area (Å²) < 4.78 is 52.7. The Labute approximate surface area is 135 Å². The van der Waals surface area contributed by atoms with Gasteiger partial charge in [0.25, 0.3) is 0 Å². The van der Waals surface area contributed by atoms with E-state index in [-0.39, 0.29) is 13.2 Å². The smallest absolute Gasteiger partial charge is 0.382 e. The minimum atomic E-state index is -4.39. The largest absolute Gasteiger partial charge is 0.416 e. The SMILES string of the molecule is COCc1nsc(NC(COC)c2cccc(C(F)(F)F)c2)n1. The fraction of sp³-hybridized carbons (Fsp3) is 0.429. The van der Waals surface area contributed by atoms with Crippen molar-refractivity contribution < 1.29 is 22.6 Å². The Bertz CT molecular complexity index is 634. The van der Waals surface area contributed by atoms with E-state index in [9.17, 15) is 13.2 Å². The summed E-state index contributed by atoms with van der Waals surface area (Å²) in [6.45, 7) is 0.469. The third-order valence-corrected chi connectivity index (χ3v) is 3.67. The number of anilines is 1. The van der Waals surface area contributed by atoms with E-state index in [0.29, 0.717) is 16.5 Å². The normalized spacial score (nSPS) is 13.1. The van der Waals surface area contributed by atoms with Gasteiger partial charge in [-0.25, -0.2) is 4.98 Å². The van der Waals surface area contributed by atoms with Gasteiger partial charge in [0.2, 0.25) is 5.13 Å². The van der Waals surface area contributed by atoms with Gasteiger partial charge in [0.1, 0.15) is 6.61 Å². The standard InChI is InChI=1S/C14H16F3N3O2S/c1-21-7-11(18-13-19-12(8-22-2)20-23-13)9-4-3-5-10(6-9)14(15,16)17/h3-6,11H,7-8H2,1-2H3,(H,18,19,20). The van der Waals surface area contributed by atoms with Gasteiger partial charge in [-0.15, -0.1) is 0 Å². The molecule has 126 valence electrons. The van der Waals surface area contributed by atoms with Crippen LogP contribution in [0.15, 0.2) is 24.3 Å². The zero-order valence-electron chi connectivity index (χ0n) is 12.6. The van der Waals surface area contributed by atoms with Crippen LogP contribution in [0.25, 0.3) is 0 Å². The lowest BCUT2D eigenvalue weighted by Crippen LogP contribution is -2.17. The van der Waals surface area contributed by atoms with Crippen LogP contribution in [0.3, 0.4) is 0 Å². The highest BCUT2D eigenvalue weighted by atomic mass is 32.1. The molecule has 0 bridgehead atoms. The van der Waals surface area contributed by atoms with Crippen molar-refractivity contribution >= 4 is 16.7 Å². The van der Waals surface area contributed by atoms with E-state index in [2.05, 4.69) is 14.7 Å². The Hall–Kier alpha value is -1.71. The van der Waals surface area contributed by atoms with E-state index in [0.717, 1.165) is 23.7 Å². The van der Waals surface area contributed by atoms with Gasteiger partial charge >= 0.3 is 6.18 Å². The number of halogens is 3. The van der Waals surface area contributed by atoms with Crippen molar-refractivity contribution in [3.63, 3.8) is 0 Å². The summed E-state index contributed by atoms with van der Waals surface area (Å²) in [5, 5.41) is 3.55.